The smallest absolute Gasteiger partial charge is 0.260 e. The van der Waals surface area contributed by atoms with Gasteiger partial charge in [0.2, 0.25) is 5.78 Å². The number of ether oxygens (including phenoxy) is 2. The van der Waals surface area contributed by atoms with E-state index in [1.807, 2.05) is 78.9 Å². The number of carbonyl (C=O) groups is 2. The van der Waals surface area contributed by atoms with Crippen molar-refractivity contribution < 1.29 is 19.1 Å². The van der Waals surface area contributed by atoms with E-state index < -0.39 is 5.79 Å². The summed E-state index contributed by atoms with van der Waals surface area (Å²) in [5.74, 6) is -1.50. The molecule has 0 aliphatic carbocycles. The lowest BCUT2D eigenvalue weighted by Crippen LogP contribution is -2.39. The van der Waals surface area contributed by atoms with E-state index >= 15 is 0 Å². The molecule has 170 valence electrons. The fraction of sp³-hybridized carbons (Fsp3) is 0.286. The normalized spacial score (nSPS) is 10.2. The maximum atomic E-state index is 12.7. The van der Waals surface area contributed by atoms with Crippen LogP contribution in [0.25, 0.3) is 0 Å². The molecule has 0 atom stereocenters. The van der Waals surface area contributed by atoms with Crippen molar-refractivity contribution in [2.75, 3.05) is 14.2 Å². The van der Waals surface area contributed by atoms with Crippen molar-refractivity contribution >= 4 is 11.6 Å². The number of rotatable bonds is 7. The Morgan fingerprint density at radius 2 is 1.03 bits per heavy atom. The molecule has 32 heavy (non-hydrogen) atoms. The Bertz CT molecular complexity index is 900. The molecule has 3 rings (SSSR count). The Hall–Kier alpha value is -3.08. The van der Waals surface area contributed by atoms with Crippen LogP contribution in [0.4, 0.5) is 0 Å². The van der Waals surface area contributed by atoms with E-state index in [1.165, 1.54) is 27.1 Å². The summed E-state index contributed by atoms with van der Waals surface area (Å²) >= 11 is 0. The predicted octanol–water partition coefficient (Wildman–Crippen LogP) is 6.71. The number of benzene rings is 3. The van der Waals surface area contributed by atoms with Crippen LogP contribution in [0.1, 0.15) is 59.9 Å². The van der Waals surface area contributed by atoms with Crippen LogP contribution in [0.5, 0.6) is 0 Å². The van der Waals surface area contributed by atoms with Gasteiger partial charge in [-0.25, -0.2) is 0 Å². The average Bonchev–Trinajstić information content (AvgIpc) is 2.87. The van der Waals surface area contributed by atoms with Crippen LogP contribution in [0, 0.1) is 0 Å². The van der Waals surface area contributed by atoms with E-state index in [-0.39, 0.29) is 11.6 Å². The fourth-order valence-electron chi connectivity index (χ4n) is 2.75. The Kier molecular flexibility index (Phi) is 12.5. The molecule has 0 aliphatic heterocycles. The zero-order valence-electron chi connectivity index (χ0n) is 19.7. The molecule has 0 spiro atoms. The molecule has 3 aromatic rings. The molecule has 0 amide bonds. The van der Waals surface area contributed by atoms with Gasteiger partial charge in [-0.15, -0.1) is 0 Å². The first-order valence-corrected chi connectivity index (χ1v) is 10.8. The Balaban J connectivity index is 0.000000326. The van der Waals surface area contributed by atoms with Crippen molar-refractivity contribution in [1.29, 1.82) is 0 Å². The lowest BCUT2D eigenvalue weighted by molar-refractivity contribution is -0.176. The maximum absolute atomic E-state index is 12.7. The van der Waals surface area contributed by atoms with E-state index in [9.17, 15) is 9.59 Å². The lowest BCUT2D eigenvalue weighted by Gasteiger charge is -2.29. The zero-order valence-corrected chi connectivity index (χ0v) is 19.7. The molecular formula is C28H34O4. The van der Waals surface area contributed by atoms with Crippen LogP contribution in [0.15, 0.2) is 91.0 Å². The highest BCUT2D eigenvalue weighted by atomic mass is 16.7. The summed E-state index contributed by atoms with van der Waals surface area (Å²) < 4.78 is 10.8. The van der Waals surface area contributed by atoms with Crippen molar-refractivity contribution in [2.24, 2.45) is 0 Å². The molecule has 4 nitrogen and oxygen atoms in total. The first-order valence-electron chi connectivity index (χ1n) is 10.8. The van der Waals surface area contributed by atoms with Crippen LogP contribution in [0.3, 0.4) is 0 Å². The zero-order chi connectivity index (χ0) is 23.8. The molecule has 0 N–H and O–H groups in total. The Morgan fingerprint density at radius 3 is 1.34 bits per heavy atom. The average molecular weight is 435 g/mol. The molecule has 0 saturated carbocycles. The molecule has 0 fully saturated rings. The van der Waals surface area contributed by atoms with Crippen LogP contribution < -0.4 is 0 Å². The van der Waals surface area contributed by atoms with Gasteiger partial charge in [-0.2, -0.15) is 0 Å². The first-order chi connectivity index (χ1) is 15.5. The number of hydrogen-bond donors (Lipinski definition) is 0. The van der Waals surface area contributed by atoms with Crippen molar-refractivity contribution in [3.63, 3.8) is 0 Å². The molecule has 0 aromatic heterocycles. The third-order valence-electron chi connectivity index (χ3n) is 4.74. The van der Waals surface area contributed by atoms with E-state index in [1.54, 1.807) is 19.1 Å². The van der Waals surface area contributed by atoms with E-state index in [2.05, 4.69) is 13.8 Å². The number of carbonyl (C=O) groups excluding carboxylic acids is 2. The summed E-state index contributed by atoms with van der Waals surface area (Å²) in [6, 6.07) is 27.4. The van der Waals surface area contributed by atoms with Gasteiger partial charge in [0.25, 0.3) is 5.79 Å². The van der Waals surface area contributed by atoms with E-state index in [0.29, 0.717) is 11.1 Å². The highest BCUT2D eigenvalue weighted by molar-refractivity contribution is 6.02. The topological polar surface area (TPSA) is 52.6 Å². The fourth-order valence-corrected chi connectivity index (χ4v) is 2.75. The highest BCUT2D eigenvalue weighted by Gasteiger charge is 2.41. The summed E-state index contributed by atoms with van der Waals surface area (Å²) in [7, 11) is 2.94. The molecule has 3 aromatic carbocycles. The third-order valence-corrected chi connectivity index (χ3v) is 4.74. The monoisotopic (exact) mass is 434 g/mol. The first kappa shape index (κ1) is 27.0. The summed E-state index contributed by atoms with van der Waals surface area (Å²) in [4.78, 5) is 23.3. The summed E-state index contributed by atoms with van der Waals surface area (Å²) in [6.07, 6.45) is 2.64. The van der Waals surface area contributed by atoms with Crippen LogP contribution in [-0.2, 0) is 15.3 Å². The molecule has 4 heteroatoms. The molecule has 0 heterocycles. The molecule has 0 aliphatic rings. The molecule has 0 radical (unpaired) electrons. The predicted molar refractivity (Wildman–Crippen MR) is 130 cm³/mol. The minimum atomic E-state index is -1.40. The highest BCUT2D eigenvalue weighted by Crippen LogP contribution is 2.30. The molecule has 0 bridgehead atoms. The van der Waals surface area contributed by atoms with Gasteiger partial charge in [0, 0.05) is 30.9 Å². The number of methoxy groups -OCH3 is 2. The second kappa shape index (κ2) is 14.8. The number of ketones is 2. The quantitative estimate of drug-likeness (QED) is 0.306. The van der Waals surface area contributed by atoms with Crippen LogP contribution in [0.2, 0.25) is 0 Å². The van der Waals surface area contributed by atoms with Gasteiger partial charge in [-0.3, -0.25) is 9.59 Å². The van der Waals surface area contributed by atoms with Gasteiger partial charge < -0.3 is 9.47 Å². The van der Waals surface area contributed by atoms with Crippen molar-refractivity contribution in [2.45, 2.75) is 39.4 Å². The van der Waals surface area contributed by atoms with E-state index in [4.69, 9.17) is 9.47 Å². The van der Waals surface area contributed by atoms with Crippen LogP contribution >= 0.6 is 0 Å². The van der Waals surface area contributed by atoms with Gasteiger partial charge in [-0.1, -0.05) is 118 Å². The van der Waals surface area contributed by atoms with Crippen molar-refractivity contribution in [1.82, 2.24) is 0 Å². The minimum absolute atomic E-state index is 0.121. The maximum Gasteiger partial charge on any atom is 0.260 e. The molecule has 0 saturated heterocycles. The van der Waals surface area contributed by atoms with Crippen molar-refractivity contribution in [3.05, 3.63) is 108 Å². The summed E-state index contributed by atoms with van der Waals surface area (Å²) in [5.41, 5.74) is 2.00. The number of hydrogen-bond acceptors (Lipinski definition) is 4. The van der Waals surface area contributed by atoms with Crippen molar-refractivity contribution in [3.8, 4) is 0 Å². The lowest BCUT2D eigenvalue weighted by atomic mass is 9.96. The third kappa shape index (κ3) is 7.88. The van der Waals surface area contributed by atoms with Gasteiger partial charge in [-0.05, 0) is 6.92 Å². The van der Waals surface area contributed by atoms with Gasteiger partial charge in [0.1, 0.15) is 0 Å². The van der Waals surface area contributed by atoms with E-state index in [0.717, 1.165) is 5.56 Å². The summed E-state index contributed by atoms with van der Waals surface area (Å²) in [5, 5.41) is 0. The second-order valence-corrected chi connectivity index (χ2v) is 7.01. The molecular weight excluding hydrogens is 400 g/mol. The SMILES string of the molecule is CC(=O)c1ccccc1.CCCC.COC(OC)(C(=O)c1ccccc1)c1ccccc1. The Morgan fingerprint density at radius 1 is 0.656 bits per heavy atom. The number of unbranched alkanes of at least 4 members (excludes halogenated alkanes) is 1. The Labute approximate surface area is 192 Å². The van der Waals surface area contributed by atoms with Gasteiger partial charge >= 0.3 is 0 Å². The van der Waals surface area contributed by atoms with Gasteiger partial charge in [0.15, 0.2) is 5.78 Å². The summed E-state index contributed by atoms with van der Waals surface area (Å²) in [6.45, 7) is 5.93. The second-order valence-electron chi connectivity index (χ2n) is 7.01. The molecule has 0 unspecified atom stereocenters. The van der Waals surface area contributed by atoms with Gasteiger partial charge in [0.05, 0.1) is 0 Å². The van der Waals surface area contributed by atoms with Crippen LogP contribution in [-0.4, -0.2) is 25.8 Å². The number of Topliss-reactive ketones (excluding diaryl/α,β-unsaturated/α-hetero) is 2. The minimum Gasteiger partial charge on any atom is -0.343 e. The standard InChI is InChI=1S/C16H16O3.C8H8O.C4H10/c1-18-16(19-2,14-11-7-4-8-12-14)15(17)13-9-5-3-6-10-13;1-7(9)8-5-3-2-4-6-8;1-3-4-2/h3-12H,1-2H3;2-6H,1H3;3-4H2,1-2H3. The largest absolute Gasteiger partial charge is 0.343 e.